The monoisotopic (exact) mass is 256 g/mol. The summed E-state index contributed by atoms with van der Waals surface area (Å²) in [5.41, 5.74) is -1.14. The molecule has 0 aliphatic heterocycles. The summed E-state index contributed by atoms with van der Waals surface area (Å²) in [6, 6.07) is 0.480. The topological polar surface area (TPSA) is 17.1 Å². The first-order chi connectivity index (χ1) is 7.70. The van der Waals surface area contributed by atoms with E-state index in [1.165, 1.54) is 0 Å². The molecule has 94 valence electrons. The normalized spacial score (nSPS) is 11.6. The molecule has 0 fully saturated rings. The molecular formula is C10H6F6O. The van der Waals surface area contributed by atoms with Crippen molar-refractivity contribution in [2.24, 2.45) is 0 Å². The fourth-order valence-corrected chi connectivity index (χ4v) is 1.19. The number of rotatable bonds is 3. The molecule has 0 unspecified atom stereocenters. The van der Waals surface area contributed by atoms with Crippen LogP contribution in [0, 0.1) is 17.5 Å². The van der Waals surface area contributed by atoms with Crippen molar-refractivity contribution in [2.45, 2.75) is 19.0 Å². The third kappa shape index (κ3) is 3.76. The van der Waals surface area contributed by atoms with E-state index in [2.05, 4.69) is 0 Å². The van der Waals surface area contributed by atoms with Gasteiger partial charge in [-0.2, -0.15) is 13.2 Å². The van der Waals surface area contributed by atoms with Crippen LogP contribution in [-0.4, -0.2) is 12.0 Å². The molecule has 0 aliphatic carbocycles. The summed E-state index contributed by atoms with van der Waals surface area (Å²) in [7, 11) is 0. The lowest BCUT2D eigenvalue weighted by Gasteiger charge is -2.07. The van der Waals surface area contributed by atoms with Gasteiger partial charge >= 0.3 is 6.18 Å². The first-order valence-corrected chi connectivity index (χ1v) is 4.45. The highest BCUT2D eigenvalue weighted by Crippen LogP contribution is 2.24. The van der Waals surface area contributed by atoms with Crippen molar-refractivity contribution in [3.63, 3.8) is 0 Å². The Bertz CT molecular complexity index is 414. The zero-order valence-corrected chi connectivity index (χ0v) is 8.24. The Morgan fingerprint density at radius 1 is 1.06 bits per heavy atom. The molecule has 17 heavy (non-hydrogen) atoms. The zero-order chi connectivity index (χ0) is 13.2. The number of ketones is 1. The van der Waals surface area contributed by atoms with E-state index in [0.717, 1.165) is 0 Å². The third-order valence-electron chi connectivity index (χ3n) is 1.92. The van der Waals surface area contributed by atoms with Gasteiger partial charge in [-0.3, -0.25) is 4.79 Å². The molecule has 0 N–H and O–H groups in total. The Hall–Kier alpha value is -1.53. The molecule has 0 heterocycles. The molecule has 0 amide bonds. The average molecular weight is 256 g/mol. The van der Waals surface area contributed by atoms with E-state index in [1.807, 2.05) is 0 Å². The van der Waals surface area contributed by atoms with Crippen LogP contribution in [0.15, 0.2) is 12.1 Å². The highest BCUT2D eigenvalue weighted by Gasteiger charge is 2.29. The smallest absolute Gasteiger partial charge is 0.294 e. The Labute approximate surface area is 92.0 Å². The largest absolute Gasteiger partial charge is 0.389 e. The highest BCUT2D eigenvalue weighted by atomic mass is 19.4. The van der Waals surface area contributed by atoms with Crippen molar-refractivity contribution in [3.8, 4) is 0 Å². The number of Topliss-reactive ketones (excluding diaryl/α,β-unsaturated/α-hetero) is 1. The summed E-state index contributed by atoms with van der Waals surface area (Å²) in [4.78, 5) is 11.1. The van der Waals surface area contributed by atoms with Crippen molar-refractivity contribution in [1.82, 2.24) is 0 Å². The Balaban J connectivity index is 2.90. The second-order valence-corrected chi connectivity index (χ2v) is 3.28. The average Bonchev–Trinajstić information content (AvgIpc) is 2.11. The van der Waals surface area contributed by atoms with E-state index in [4.69, 9.17) is 0 Å². The van der Waals surface area contributed by atoms with Crippen LogP contribution in [0.3, 0.4) is 0 Å². The first-order valence-electron chi connectivity index (χ1n) is 4.45. The molecule has 1 rings (SSSR count). The lowest BCUT2D eigenvalue weighted by Crippen LogP contribution is -2.13. The van der Waals surface area contributed by atoms with Crippen LogP contribution < -0.4 is 0 Å². The molecule has 0 spiro atoms. The van der Waals surface area contributed by atoms with Crippen LogP contribution >= 0.6 is 0 Å². The minimum absolute atomic E-state index is 0.240. The van der Waals surface area contributed by atoms with E-state index >= 15 is 0 Å². The van der Waals surface area contributed by atoms with Gasteiger partial charge in [0, 0.05) is 18.6 Å². The van der Waals surface area contributed by atoms with Crippen LogP contribution in [0.1, 0.15) is 23.2 Å². The fourth-order valence-electron chi connectivity index (χ4n) is 1.19. The summed E-state index contributed by atoms with van der Waals surface area (Å²) in [5.74, 6) is -5.60. The molecule has 7 heteroatoms. The maximum atomic E-state index is 13.0. The molecule has 0 saturated carbocycles. The number of hydrogen-bond donors (Lipinski definition) is 0. The van der Waals surface area contributed by atoms with E-state index in [0.29, 0.717) is 0 Å². The summed E-state index contributed by atoms with van der Waals surface area (Å²) in [6.07, 6.45) is -7.16. The predicted molar refractivity (Wildman–Crippen MR) is 45.9 cm³/mol. The zero-order valence-electron chi connectivity index (χ0n) is 8.24. The number of halogens is 6. The number of carbonyl (C=O) groups is 1. The van der Waals surface area contributed by atoms with Crippen molar-refractivity contribution in [1.29, 1.82) is 0 Å². The Kier molecular flexibility index (Phi) is 3.79. The van der Waals surface area contributed by atoms with Gasteiger partial charge in [0.25, 0.3) is 0 Å². The van der Waals surface area contributed by atoms with Gasteiger partial charge in [-0.25, -0.2) is 13.2 Å². The highest BCUT2D eigenvalue weighted by molar-refractivity contribution is 5.96. The molecule has 1 nitrogen and oxygen atoms in total. The van der Waals surface area contributed by atoms with Gasteiger partial charge in [0.15, 0.2) is 5.78 Å². The van der Waals surface area contributed by atoms with E-state index in [-0.39, 0.29) is 12.1 Å². The minimum Gasteiger partial charge on any atom is -0.294 e. The first kappa shape index (κ1) is 13.5. The predicted octanol–water partition coefficient (Wildman–Crippen LogP) is 3.63. The molecule has 0 saturated heterocycles. The second-order valence-electron chi connectivity index (χ2n) is 3.28. The van der Waals surface area contributed by atoms with Gasteiger partial charge in [-0.15, -0.1) is 0 Å². The van der Waals surface area contributed by atoms with E-state index in [1.54, 1.807) is 0 Å². The molecule has 0 aliphatic rings. The van der Waals surface area contributed by atoms with E-state index in [9.17, 15) is 31.1 Å². The number of alkyl halides is 3. The molecular weight excluding hydrogens is 250 g/mol. The maximum absolute atomic E-state index is 13.0. The SMILES string of the molecule is O=C(CCC(F)(F)F)c1c(F)cc(F)cc1F. The van der Waals surface area contributed by atoms with Gasteiger partial charge in [0.2, 0.25) is 0 Å². The van der Waals surface area contributed by atoms with Crippen LogP contribution in [0.5, 0.6) is 0 Å². The van der Waals surface area contributed by atoms with Gasteiger partial charge < -0.3 is 0 Å². The molecule has 0 atom stereocenters. The Morgan fingerprint density at radius 3 is 1.94 bits per heavy atom. The van der Waals surface area contributed by atoms with E-state index < -0.39 is 47.8 Å². The number of hydrogen-bond acceptors (Lipinski definition) is 1. The molecule has 1 aromatic rings. The van der Waals surface area contributed by atoms with Crippen LogP contribution in [0.4, 0.5) is 26.3 Å². The number of benzene rings is 1. The minimum atomic E-state index is -4.59. The summed E-state index contributed by atoms with van der Waals surface area (Å²) < 4.78 is 73.9. The third-order valence-corrected chi connectivity index (χ3v) is 1.92. The quantitative estimate of drug-likeness (QED) is 0.596. The molecule has 0 aromatic heterocycles. The van der Waals surface area contributed by atoms with Crippen LogP contribution in [0.2, 0.25) is 0 Å². The number of carbonyl (C=O) groups excluding carboxylic acids is 1. The second kappa shape index (κ2) is 4.77. The van der Waals surface area contributed by atoms with Crippen molar-refractivity contribution in [2.75, 3.05) is 0 Å². The van der Waals surface area contributed by atoms with Crippen LogP contribution in [-0.2, 0) is 0 Å². The van der Waals surface area contributed by atoms with Gasteiger partial charge in [0.05, 0.1) is 12.0 Å². The fraction of sp³-hybridized carbons (Fsp3) is 0.300. The summed E-state index contributed by atoms with van der Waals surface area (Å²) in [6.45, 7) is 0. The van der Waals surface area contributed by atoms with Crippen molar-refractivity contribution in [3.05, 3.63) is 35.1 Å². The molecule has 1 aromatic carbocycles. The van der Waals surface area contributed by atoms with Crippen molar-refractivity contribution >= 4 is 5.78 Å². The van der Waals surface area contributed by atoms with Gasteiger partial charge in [-0.1, -0.05) is 0 Å². The summed E-state index contributed by atoms with van der Waals surface area (Å²) in [5, 5.41) is 0. The Morgan fingerprint density at radius 2 is 1.53 bits per heavy atom. The lowest BCUT2D eigenvalue weighted by molar-refractivity contribution is -0.133. The molecule has 0 bridgehead atoms. The van der Waals surface area contributed by atoms with Crippen LogP contribution in [0.25, 0.3) is 0 Å². The summed E-state index contributed by atoms with van der Waals surface area (Å²) >= 11 is 0. The van der Waals surface area contributed by atoms with Crippen molar-refractivity contribution < 1.29 is 31.1 Å². The molecule has 0 radical (unpaired) electrons. The maximum Gasteiger partial charge on any atom is 0.389 e. The van der Waals surface area contributed by atoms with Gasteiger partial charge in [0.1, 0.15) is 17.5 Å². The van der Waals surface area contributed by atoms with Gasteiger partial charge in [-0.05, 0) is 0 Å². The standard InChI is InChI=1S/C10H6F6O/c11-5-3-6(12)9(7(13)4-5)8(17)1-2-10(14,15)16/h3-4H,1-2H2. The lowest BCUT2D eigenvalue weighted by atomic mass is 10.1.